The summed E-state index contributed by atoms with van der Waals surface area (Å²) in [5, 5.41) is 0.636. The molecule has 3 aromatic rings. The van der Waals surface area contributed by atoms with Crippen LogP contribution in [0, 0.1) is 6.92 Å². The Hall–Kier alpha value is -2.38. The summed E-state index contributed by atoms with van der Waals surface area (Å²) in [6.45, 7) is 6.94. The first-order valence-corrected chi connectivity index (χ1v) is 12.8. The highest BCUT2D eigenvalue weighted by atomic mass is 79.9. The molecule has 182 valence electrons. The lowest BCUT2D eigenvalue weighted by Crippen LogP contribution is -2.21. The maximum absolute atomic E-state index is 13.3. The Kier molecular flexibility index (Phi) is 9.14. The predicted octanol–water partition coefficient (Wildman–Crippen LogP) is 6.05. The molecule has 0 aliphatic rings. The van der Waals surface area contributed by atoms with E-state index < -0.39 is 0 Å². The molecular formula is C26H31BrClN3O3. The van der Waals surface area contributed by atoms with Crippen LogP contribution in [0.2, 0.25) is 5.02 Å². The second kappa shape index (κ2) is 11.8. The van der Waals surface area contributed by atoms with E-state index >= 15 is 0 Å². The number of carbonyl (C=O) groups is 1. The van der Waals surface area contributed by atoms with Gasteiger partial charge in [0, 0.05) is 36.3 Å². The first-order chi connectivity index (χ1) is 16.3. The Labute approximate surface area is 214 Å². The number of carbonyl (C=O) groups excluding carboxylic acids is 1. The molecule has 6 nitrogen and oxygen atoms in total. The van der Waals surface area contributed by atoms with Crippen molar-refractivity contribution in [3.05, 3.63) is 84.7 Å². The molecule has 2 heterocycles. The maximum atomic E-state index is 13.3. The largest absolute Gasteiger partial charge is 0.461 e. The van der Waals surface area contributed by atoms with Gasteiger partial charge in [-0.25, -0.2) is 9.78 Å². The van der Waals surface area contributed by atoms with Crippen molar-refractivity contribution < 1.29 is 9.53 Å². The van der Waals surface area contributed by atoms with E-state index in [1.54, 1.807) is 11.6 Å². The van der Waals surface area contributed by atoms with Crippen LogP contribution in [0.3, 0.4) is 0 Å². The zero-order valence-corrected chi connectivity index (χ0v) is 22.4. The predicted molar refractivity (Wildman–Crippen MR) is 139 cm³/mol. The minimum absolute atomic E-state index is 0.0260. The zero-order chi connectivity index (χ0) is 24.8. The smallest absolute Gasteiger partial charge is 0.356 e. The average molecular weight is 549 g/mol. The summed E-state index contributed by atoms with van der Waals surface area (Å²) in [4.78, 5) is 30.3. The normalized spacial score (nSPS) is 12.1. The summed E-state index contributed by atoms with van der Waals surface area (Å²) >= 11 is 9.73. The quantitative estimate of drug-likeness (QED) is 0.229. The van der Waals surface area contributed by atoms with E-state index in [1.165, 1.54) is 0 Å². The van der Waals surface area contributed by atoms with Crippen LogP contribution in [0.1, 0.15) is 71.9 Å². The lowest BCUT2D eigenvalue weighted by atomic mass is 9.88. The van der Waals surface area contributed by atoms with Crippen LogP contribution in [0.5, 0.6) is 0 Å². The van der Waals surface area contributed by atoms with Crippen molar-refractivity contribution in [1.82, 2.24) is 14.1 Å². The fourth-order valence-corrected chi connectivity index (χ4v) is 4.76. The Morgan fingerprint density at radius 3 is 2.53 bits per heavy atom. The number of halogens is 2. The van der Waals surface area contributed by atoms with Crippen molar-refractivity contribution in [1.29, 1.82) is 0 Å². The molecule has 0 spiro atoms. The molecule has 3 rings (SSSR count). The SMILES string of the molecule is CCCCOC(=O)c1c(C(Cc2cc(C)c(=O)n(C)c2)c2ccc(Cl)cc2)nc(Br)n1CCC. The van der Waals surface area contributed by atoms with E-state index in [0.717, 1.165) is 30.4 Å². The lowest BCUT2D eigenvalue weighted by Gasteiger charge is -2.19. The Morgan fingerprint density at radius 2 is 1.91 bits per heavy atom. The third kappa shape index (κ3) is 5.99. The number of hydrogen-bond acceptors (Lipinski definition) is 4. The summed E-state index contributed by atoms with van der Waals surface area (Å²) in [7, 11) is 1.75. The van der Waals surface area contributed by atoms with E-state index in [2.05, 4.69) is 29.8 Å². The van der Waals surface area contributed by atoms with Crippen LogP contribution < -0.4 is 5.56 Å². The molecule has 1 unspecified atom stereocenters. The number of imidazole rings is 1. The maximum Gasteiger partial charge on any atom is 0.356 e. The van der Waals surface area contributed by atoms with Gasteiger partial charge in [0.2, 0.25) is 0 Å². The van der Waals surface area contributed by atoms with Gasteiger partial charge in [-0.2, -0.15) is 0 Å². The number of pyridine rings is 1. The third-order valence-electron chi connectivity index (χ3n) is 5.78. The van der Waals surface area contributed by atoms with Crippen molar-refractivity contribution >= 4 is 33.5 Å². The Morgan fingerprint density at radius 1 is 1.21 bits per heavy atom. The zero-order valence-electron chi connectivity index (χ0n) is 20.1. The van der Waals surface area contributed by atoms with Crippen LogP contribution >= 0.6 is 27.5 Å². The standard InChI is InChI=1S/C26H31BrClN3O3/c1-5-7-13-34-25(33)23-22(29-26(27)31(23)12-6-2)21(19-8-10-20(28)11-9-19)15-18-14-17(3)24(32)30(4)16-18/h8-11,14,16,21H,5-7,12-13,15H2,1-4H3. The Bertz CT molecular complexity index is 1170. The number of aromatic nitrogens is 3. The molecule has 0 bridgehead atoms. The van der Waals surface area contributed by atoms with Gasteiger partial charge in [-0.1, -0.05) is 44.0 Å². The van der Waals surface area contributed by atoms with Crippen molar-refractivity contribution in [3.63, 3.8) is 0 Å². The number of unbranched alkanes of at least 4 members (excludes halogenated alkanes) is 1. The number of rotatable bonds is 10. The first-order valence-electron chi connectivity index (χ1n) is 11.6. The second-order valence-corrected chi connectivity index (χ2v) is 9.66. The number of benzene rings is 1. The third-order valence-corrected chi connectivity index (χ3v) is 6.64. The van der Waals surface area contributed by atoms with Crippen LogP contribution in [-0.4, -0.2) is 26.7 Å². The highest BCUT2D eigenvalue weighted by molar-refractivity contribution is 9.10. The van der Waals surface area contributed by atoms with Gasteiger partial charge < -0.3 is 13.9 Å². The number of aryl methyl sites for hydroxylation is 2. The van der Waals surface area contributed by atoms with Crippen molar-refractivity contribution in [2.24, 2.45) is 7.05 Å². The minimum Gasteiger partial charge on any atom is -0.461 e. The molecular weight excluding hydrogens is 518 g/mol. The fraction of sp³-hybridized carbons (Fsp3) is 0.423. The van der Waals surface area contributed by atoms with Gasteiger partial charge in [-0.05, 0) is 71.4 Å². The number of hydrogen-bond donors (Lipinski definition) is 0. The van der Waals surface area contributed by atoms with Gasteiger partial charge >= 0.3 is 5.97 Å². The van der Waals surface area contributed by atoms with E-state index in [4.69, 9.17) is 21.3 Å². The highest BCUT2D eigenvalue weighted by Crippen LogP contribution is 2.33. The molecule has 0 saturated carbocycles. The summed E-state index contributed by atoms with van der Waals surface area (Å²) in [5.74, 6) is -0.608. The molecule has 2 aromatic heterocycles. The van der Waals surface area contributed by atoms with Crippen LogP contribution in [0.25, 0.3) is 0 Å². The highest BCUT2D eigenvalue weighted by Gasteiger charge is 2.30. The summed E-state index contributed by atoms with van der Waals surface area (Å²) in [6.07, 6.45) is 4.99. The summed E-state index contributed by atoms with van der Waals surface area (Å²) in [6, 6.07) is 9.50. The second-order valence-electron chi connectivity index (χ2n) is 8.51. The molecule has 0 amide bonds. The van der Waals surface area contributed by atoms with Gasteiger partial charge in [0.1, 0.15) is 0 Å². The monoisotopic (exact) mass is 547 g/mol. The number of ether oxygens (including phenoxy) is 1. The Balaban J connectivity index is 2.15. The molecule has 1 aromatic carbocycles. The topological polar surface area (TPSA) is 66.1 Å². The van der Waals surface area contributed by atoms with Crippen molar-refractivity contribution in [2.45, 2.75) is 58.9 Å². The van der Waals surface area contributed by atoms with Crippen molar-refractivity contribution in [3.8, 4) is 0 Å². The fourth-order valence-electron chi connectivity index (χ4n) is 4.08. The van der Waals surface area contributed by atoms with E-state index in [0.29, 0.717) is 46.3 Å². The number of nitrogens with zero attached hydrogens (tertiary/aromatic N) is 3. The molecule has 0 saturated heterocycles. The van der Waals surface area contributed by atoms with Gasteiger partial charge in [-0.3, -0.25) is 4.79 Å². The average Bonchev–Trinajstić information content (AvgIpc) is 3.12. The van der Waals surface area contributed by atoms with Crippen LogP contribution in [0.4, 0.5) is 0 Å². The molecule has 1 atom stereocenters. The molecule has 0 radical (unpaired) electrons. The summed E-state index contributed by atoms with van der Waals surface area (Å²) in [5.41, 5.74) is 3.72. The van der Waals surface area contributed by atoms with Crippen LogP contribution in [0.15, 0.2) is 46.1 Å². The molecule has 0 aliphatic carbocycles. The number of esters is 1. The van der Waals surface area contributed by atoms with Crippen molar-refractivity contribution in [2.75, 3.05) is 6.61 Å². The van der Waals surface area contributed by atoms with E-state index in [-0.39, 0.29) is 17.4 Å². The van der Waals surface area contributed by atoms with Gasteiger partial charge in [0.05, 0.1) is 12.3 Å². The molecule has 34 heavy (non-hydrogen) atoms. The lowest BCUT2D eigenvalue weighted by molar-refractivity contribution is 0.0485. The van der Waals surface area contributed by atoms with E-state index in [9.17, 15) is 9.59 Å². The van der Waals surface area contributed by atoms with Gasteiger partial charge in [0.25, 0.3) is 5.56 Å². The molecule has 8 heteroatoms. The van der Waals surface area contributed by atoms with Gasteiger partial charge in [0.15, 0.2) is 10.4 Å². The molecule has 0 aliphatic heterocycles. The first kappa shape index (κ1) is 26.2. The molecule has 0 N–H and O–H groups in total. The molecule has 0 fully saturated rings. The van der Waals surface area contributed by atoms with Crippen LogP contribution in [-0.2, 0) is 24.8 Å². The summed E-state index contributed by atoms with van der Waals surface area (Å²) < 4.78 is 9.71. The van der Waals surface area contributed by atoms with E-state index in [1.807, 2.05) is 48.0 Å². The van der Waals surface area contributed by atoms with Gasteiger partial charge in [-0.15, -0.1) is 0 Å². The minimum atomic E-state index is -0.370.